The lowest BCUT2D eigenvalue weighted by Gasteiger charge is -2.12. The molecule has 0 unspecified atom stereocenters. The fourth-order valence-electron chi connectivity index (χ4n) is 2.98. The van der Waals surface area contributed by atoms with Crippen LogP contribution >= 0.6 is 11.3 Å². The van der Waals surface area contributed by atoms with E-state index < -0.39 is 16.0 Å². The molecule has 2 aromatic heterocycles. The van der Waals surface area contributed by atoms with Crippen molar-refractivity contribution in [2.24, 2.45) is 0 Å². The van der Waals surface area contributed by atoms with Crippen LogP contribution in [-0.4, -0.2) is 26.5 Å². The number of anilines is 1. The number of aromatic nitrogens is 1. The highest BCUT2D eigenvalue weighted by Crippen LogP contribution is 2.32. The zero-order valence-electron chi connectivity index (χ0n) is 14.8. The fraction of sp³-hybridized carbons (Fsp3) is 0.0500. The highest BCUT2D eigenvalue weighted by atomic mass is 32.2. The van der Waals surface area contributed by atoms with Gasteiger partial charge in [-0.3, -0.25) is 4.72 Å². The number of carbonyl (C=O) groups is 1. The molecule has 0 saturated heterocycles. The highest BCUT2D eigenvalue weighted by Gasteiger charge is 2.25. The van der Waals surface area contributed by atoms with Gasteiger partial charge in [0, 0.05) is 22.2 Å². The molecule has 0 aliphatic heterocycles. The molecule has 0 fully saturated rings. The Labute approximate surface area is 165 Å². The molecule has 0 radical (unpaired) electrons. The van der Waals surface area contributed by atoms with Gasteiger partial charge in [-0.25, -0.2) is 13.2 Å². The number of H-pyrrole nitrogens is 1. The number of rotatable bonds is 5. The van der Waals surface area contributed by atoms with E-state index >= 15 is 0 Å². The molecule has 0 bridgehead atoms. The van der Waals surface area contributed by atoms with Crippen molar-refractivity contribution in [2.45, 2.75) is 4.90 Å². The minimum Gasteiger partial charge on any atom is -0.465 e. The van der Waals surface area contributed by atoms with Crippen LogP contribution in [0.5, 0.6) is 0 Å². The first-order valence-corrected chi connectivity index (χ1v) is 10.7. The number of para-hydroxylation sites is 2. The molecule has 2 heterocycles. The van der Waals surface area contributed by atoms with Crippen LogP contribution in [0.25, 0.3) is 22.2 Å². The van der Waals surface area contributed by atoms with Gasteiger partial charge in [-0.1, -0.05) is 36.4 Å². The molecule has 28 heavy (non-hydrogen) atoms. The summed E-state index contributed by atoms with van der Waals surface area (Å²) in [6.45, 7) is 0. The smallest absolute Gasteiger partial charge is 0.349 e. The molecular weight excluding hydrogens is 396 g/mol. The first-order chi connectivity index (χ1) is 13.5. The van der Waals surface area contributed by atoms with Crippen molar-refractivity contribution in [3.63, 3.8) is 0 Å². The van der Waals surface area contributed by atoms with Gasteiger partial charge in [0.2, 0.25) is 0 Å². The average molecular weight is 412 g/mol. The summed E-state index contributed by atoms with van der Waals surface area (Å²) in [6, 6.07) is 18.3. The Morgan fingerprint density at radius 2 is 1.82 bits per heavy atom. The number of fused-ring (bicyclic) bond motifs is 1. The Kier molecular flexibility index (Phi) is 4.66. The summed E-state index contributed by atoms with van der Waals surface area (Å²) in [7, 11) is -2.75. The molecule has 6 nitrogen and oxygen atoms in total. The van der Waals surface area contributed by atoms with E-state index in [-0.39, 0.29) is 9.77 Å². The molecule has 0 spiro atoms. The lowest BCUT2D eigenvalue weighted by atomic mass is 10.1. The number of sulfonamides is 1. The predicted octanol–water partition coefficient (Wildman–Crippen LogP) is 4.48. The summed E-state index contributed by atoms with van der Waals surface area (Å²) in [5.41, 5.74) is 2.87. The van der Waals surface area contributed by atoms with Crippen molar-refractivity contribution < 1.29 is 17.9 Å². The Bertz CT molecular complexity index is 1240. The molecule has 8 heteroatoms. The maximum absolute atomic E-state index is 12.9. The normalized spacial score (nSPS) is 11.5. The molecule has 2 aromatic carbocycles. The summed E-state index contributed by atoms with van der Waals surface area (Å²) in [5, 5.41) is 2.57. The molecule has 0 aliphatic rings. The van der Waals surface area contributed by atoms with Gasteiger partial charge in [-0.2, -0.15) is 0 Å². The van der Waals surface area contributed by atoms with Crippen molar-refractivity contribution in [1.29, 1.82) is 0 Å². The molecule has 0 aliphatic carbocycles. The van der Waals surface area contributed by atoms with E-state index in [2.05, 4.69) is 14.4 Å². The molecule has 4 aromatic rings. The molecule has 0 amide bonds. The van der Waals surface area contributed by atoms with Crippen LogP contribution in [-0.2, 0) is 14.8 Å². The van der Waals surface area contributed by atoms with Gasteiger partial charge in [0.05, 0.1) is 12.8 Å². The quantitative estimate of drug-likeness (QED) is 0.473. The minimum atomic E-state index is -3.97. The van der Waals surface area contributed by atoms with Gasteiger partial charge in [-0.05, 0) is 29.6 Å². The van der Waals surface area contributed by atoms with Gasteiger partial charge >= 0.3 is 5.97 Å². The van der Waals surface area contributed by atoms with Crippen LogP contribution in [0.2, 0.25) is 0 Å². The first kappa shape index (κ1) is 18.3. The molecule has 4 rings (SSSR count). The second-order valence-electron chi connectivity index (χ2n) is 6.03. The van der Waals surface area contributed by atoms with Crippen molar-refractivity contribution in [1.82, 2.24) is 4.98 Å². The Morgan fingerprint density at radius 1 is 1.07 bits per heavy atom. The molecular formula is C20H16N2O4S2. The SMILES string of the molecule is COC(=O)c1sccc1S(=O)(=O)Nc1ccccc1-c1cc2ccccc2[nH]1. The largest absolute Gasteiger partial charge is 0.465 e. The second kappa shape index (κ2) is 7.14. The number of aromatic amines is 1. The molecule has 2 N–H and O–H groups in total. The summed E-state index contributed by atoms with van der Waals surface area (Å²) in [4.78, 5) is 15.1. The van der Waals surface area contributed by atoms with Gasteiger partial charge in [-0.15, -0.1) is 11.3 Å². The minimum absolute atomic E-state index is 0.0399. The number of ether oxygens (including phenoxy) is 1. The van der Waals surface area contributed by atoms with Crippen LogP contribution in [0.1, 0.15) is 9.67 Å². The number of benzene rings is 2. The number of carbonyl (C=O) groups excluding carboxylic acids is 1. The maximum Gasteiger partial charge on any atom is 0.349 e. The summed E-state index contributed by atoms with van der Waals surface area (Å²) < 4.78 is 33.2. The second-order valence-corrected chi connectivity index (χ2v) is 8.59. The van der Waals surface area contributed by atoms with Crippen LogP contribution in [0.4, 0.5) is 5.69 Å². The summed E-state index contributed by atoms with van der Waals surface area (Å²) >= 11 is 1.02. The van der Waals surface area contributed by atoms with Gasteiger partial charge < -0.3 is 9.72 Å². The number of thiophene rings is 1. The summed E-state index contributed by atoms with van der Waals surface area (Å²) in [5.74, 6) is -0.681. The van der Waals surface area contributed by atoms with E-state index in [1.165, 1.54) is 13.2 Å². The van der Waals surface area contributed by atoms with Gasteiger partial charge in [0.25, 0.3) is 10.0 Å². The van der Waals surface area contributed by atoms with Crippen LogP contribution < -0.4 is 4.72 Å². The average Bonchev–Trinajstić information content (AvgIpc) is 3.35. The Balaban J connectivity index is 1.75. The number of hydrogen-bond acceptors (Lipinski definition) is 5. The van der Waals surface area contributed by atoms with E-state index in [1.807, 2.05) is 42.5 Å². The van der Waals surface area contributed by atoms with E-state index in [0.717, 1.165) is 27.9 Å². The topological polar surface area (TPSA) is 88.3 Å². The molecule has 0 saturated carbocycles. The van der Waals surface area contributed by atoms with E-state index in [1.54, 1.807) is 17.5 Å². The van der Waals surface area contributed by atoms with Crippen LogP contribution in [0.3, 0.4) is 0 Å². The zero-order chi connectivity index (χ0) is 19.7. The van der Waals surface area contributed by atoms with E-state index in [4.69, 9.17) is 0 Å². The van der Waals surface area contributed by atoms with Gasteiger partial charge in [0.15, 0.2) is 0 Å². The third-order valence-electron chi connectivity index (χ3n) is 4.28. The van der Waals surface area contributed by atoms with Crippen molar-refractivity contribution in [2.75, 3.05) is 11.8 Å². The lowest BCUT2D eigenvalue weighted by Crippen LogP contribution is -2.16. The third kappa shape index (κ3) is 3.28. The molecule has 0 atom stereocenters. The van der Waals surface area contributed by atoms with Gasteiger partial charge in [0.1, 0.15) is 9.77 Å². The lowest BCUT2D eigenvalue weighted by molar-refractivity contribution is 0.0602. The Morgan fingerprint density at radius 3 is 2.61 bits per heavy atom. The van der Waals surface area contributed by atoms with Crippen LogP contribution in [0.15, 0.2) is 70.9 Å². The van der Waals surface area contributed by atoms with E-state index in [0.29, 0.717) is 11.3 Å². The van der Waals surface area contributed by atoms with Crippen molar-refractivity contribution in [3.8, 4) is 11.3 Å². The predicted molar refractivity (Wildman–Crippen MR) is 110 cm³/mol. The van der Waals surface area contributed by atoms with Crippen molar-refractivity contribution in [3.05, 3.63) is 70.9 Å². The number of methoxy groups -OCH3 is 1. The number of nitrogens with one attached hydrogen (secondary N) is 2. The Hall–Kier alpha value is -3.10. The van der Waals surface area contributed by atoms with Crippen molar-refractivity contribution >= 4 is 43.9 Å². The fourth-order valence-corrected chi connectivity index (χ4v) is 5.39. The van der Waals surface area contributed by atoms with Crippen LogP contribution in [0, 0.1) is 0 Å². The van der Waals surface area contributed by atoms with E-state index in [9.17, 15) is 13.2 Å². The molecule has 142 valence electrons. The highest BCUT2D eigenvalue weighted by molar-refractivity contribution is 7.93. The number of esters is 1. The first-order valence-electron chi connectivity index (χ1n) is 8.35. The monoisotopic (exact) mass is 412 g/mol. The number of hydrogen-bond donors (Lipinski definition) is 2. The summed E-state index contributed by atoms with van der Waals surface area (Å²) in [6.07, 6.45) is 0. The standard InChI is InChI=1S/C20H16N2O4S2/c1-26-20(23)19-18(10-11-27-19)28(24,25)22-16-9-5-3-7-14(16)17-12-13-6-2-4-8-15(13)21-17/h2-12,21-22H,1H3. The zero-order valence-corrected chi connectivity index (χ0v) is 16.4. The third-order valence-corrected chi connectivity index (χ3v) is 6.71. The maximum atomic E-state index is 12.9.